The van der Waals surface area contributed by atoms with Crippen molar-refractivity contribution in [1.82, 2.24) is 24.9 Å². The quantitative estimate of drug-likeness (QED) is 0.446. The van der Waals surface area contributed by atoms with Gasteiger partial charge in [0.05, 0.1) is 23.1 Å². The molecule has 0 spiro atoms. The lowest BCUT2D eigenvalue weighted by atomic mass is 10.1. The number of carbonyl (C=O) groups excluding carboxylic acids is 1. The van der Waals surface area contributed by atoms with Crippen molar-refractivity contribution in [3.05, 3.63) is 40.0 Å². The van der Waals surface area contributed by atoms with Gasteiger partial charge in [-0.15, -0.1) is 0 Å². The highest BCUT2D eigenvalue weighted by Crippen LogP contribution is 2.10. The summed E-state index contributed by atoms with van der Waals surface area (Å²) in [4.78, 5) is 22.2. The van der Waals surface area contributed by atoms with Crippen LogP contribution in [0.4, 0.5) is 5.69 Å². The van der Waals surface area contributed by atoms with E-state index in [1.807, 2.05) is 24.6 Å². The molecule has 2 heterocycles. The van der Waals surface area contributed by atoms with Crippen molar-refractivity contribution in [3.8, 4) is 0 Å². The molecule has 9 nitrogen and oxygen atoms in total. The fourth-order valence-corrected chi connectivity index (χ4v) is 2.43. The Balaban J connectivity index is 1.73. The molecule has 0 aliphatic rings. The molecule has 0 aliphatic carbocycles. The van der Waals surface area contributed by atoms with Crippen molar-refractivity contribution in [2.75, 3.05) is 6.54 Å². The number of nitrogens with zero attached hydrogens (tertiary/aromatic N) is 5. The summed E-state index contributed by atoms with van der Waals surface area (Å²) in [7, 11) is 0. The Morgan fingerprint density at radius 1 is 1.46 bits per heavy atom. The molecule has 24 heavy (non-hydrogen) atoms. The molecule has 0 bridgehead atoms. The standard InChI is InChI=1S/C15H22N6O3/c1-11(9-19-10-14(8-17-19)21(23)24)15(22)16-5-4-6-20-13(3)7-12(2)18-20/h7-8,10-11H,4-6,9H2,1-3H3,(H,16,22). The third kappa shape index (κ3) is 4.64. The first-order chi connectivity index (χ1) is 11.4. The van der Waals surface area contributed by atoms with Gasteiger partial charge >= 0.3 is 5.69 Å². The van der Waals surface area contributed by atoms with E-state index in [0.717, 1.165) is 24.4 Å². The van der Waals surface area contributed by atoms with Crippen LogP contribution in [0.25, 0.3) is 0 Å². The van der Waals surface area contributed by atoms with Crippen LogP contribution in [0.2, 0.25) is 0 Å². The zero-order valence-electron chi connectivity index (χ0n) is 14.1. The van der Waals surface area contributed by atoms with Crippen LogP contribution in [0.15, 0.2) is 18.5 Å². The van der Waals surface area contributed by atoms with Crippen molar-refractivity contribution in [2.24, 2.45) is 5.92 Å². The van der Waals surface area contributed by atoms with Crippen molar-refractivity contribution in [1.29, 1.82) is 0 Å². The molecule has 2 aromatic heterocycles. The Hall–Kier alpha value is -2.71. The number of aryl methyl sites for hydroxylation is 3. The average molecular weight is 334 g/mol. The number of aromatic nitrogens is 4. The molecule has 0 saturated carbocycles. The number of carbonyl (C=O) groups is 1. The van der Waals surface area contributed by atoms with Gasteiger partial charge in [0.2, 0.25) is 5.91 Å². The van der Waals surface area contributed by atoms with Crippen LogP contribution in [0, 0.1) is 29.9 Å². The smallest absolute Gasteiger partial charge is 0.306 e. The highest BCUT2D eigenvalue weighted by Gasteiger charge is 2.16. The summed E-state index contributed by atoms with van der Waals surface area (Å²) in [5.74, 6) is -0.417. The molecule has 0 aromatic carbocycles. The lowest BCUT2D eigenvalue weighted by molar-refractivity contribution is -0.385. The summed E-state index contributed by atoms with van der Waals surface area (Å²) in [5.41, 5.74) is 2.01. The van der Waals surface area contributed by atoms with Crippen LogP contribution in [0.3, 0.4) is 0 Å². The number of nitrogens with one attached hydrogen (secondary N) is 1. The Kier molecular flexibility index (Phi) is 5.67. The second kappa shape index (κ2) is 7.71. The van der Waals surface area contributed by atoms with Gasteiger partial charge in [-0.25, -0.2) is 0 Å². The normalized spacial score (nSPS) is 12.1. The highest BCUT2D eigenvalue weighted by atomic mass is 16.6. The maximum atomic E-state index is 12.1. The summed E-state index contributed by atoms with van der Waals surface area (Å²) >= 11 is 0. The highest BCUT2D eigenvalue weighted by molar-refractivity contribution is 5.78. The fraction of sp³-hybridized carbons (Fsp3) is 0.533. The van der Waals surface area contributed by atoms with Crippen LogP contribution in [0.5, 0.6) is 0 Å². The monoisotopic (exact) mass is 334 g/mol. The van der Waals surface area contributed by atoms with Gasteiger partial charge in [0.1, 0.15) is 12.4 Å². The number of nitro groups is 1. The third-order valence-electron chi connectivity index (χ3n) is 3.69. The van der Waals surface area contributed by atoms with E-state index >= 15 is 0 Å². The summed E-state index contributed by atoms with van der Waals surface area (Å²) in [6.45, 7) is 7.33. The predicted molar refractivity (Wildman–Crippen MR) is 87.4 cm³/mol. The fourth-order valence-electron chi connectivity index (χ4n) is 2.43. The van der Waals surface area contributed by atoms with Crippen LogP contribution >= 0.6 is 0 Å². The molecule has 1 unspecified atom stereocenters. The van der Waals surface area contributed by atoms with E-state index in [-0.39, 0.29) is 17.5 Å². The van der Waals surface area contributed by atoms with Crippen molar-refractivity contribution in [3.63, 3.8) is 0 Å². The molecule has 0 aliphatic heterocycles. The molecule has 0 saturated heterocycles. The molecule has 2 aromatic rings. The Bertz CT molecular complexity index is 721. The van der Waals surface area contributed by atoms with E-state index in [1.165, 1.54) is 17.1 Å². The summed E-state index contributed by atoms with van der Waals surface area (Å²) < 4.78 is 3.34. The Labute approximate surface area is 139 Å². The van der Waals surface area contributed by atoms with Crippen molar-refractivity contribution in [2.45, 2.75) is 40.3 Å². The first-order valence-corrected chi connectivity index (χ1v) is 7.82. The van der Waals surface area contributed by atoms with Crippen molar-refractivity contribution < 1.29 is 9.72 Å². The van der Waals surface area contributed by atoms with Gasteiger partial charge in [-0.2, -0.15) is 10.2 Å². The predicted octanol–water partition coefficient (Wildman–Crippen LogP) is 1.45. The first kappa shape index (κ1) is 17.6. The molecule has 1 amide bonds. The zero-order chi connectivity index (χ0) is 17.7. The minimum absolute atomic E-state index is 0.0764. The molecule has 130 valence electrons. The molecule has 9 heteroatoms. The number of amides is 1. The van der Waals surface area contributed by atoms with E-state index in [9.17, 15) is 14.9 Å². The molecule has 1 atom stereocenters. The maximum Gasteiger partial charge on any atom is 0.306 e. The minimum atomic E-state index is -0.507. The Morgan fingerprint density at radius 2 is 2.21 bits per heavy atom. The van der Waals surface area contributed by atoms with Crippen LogP contribution in [-0.4, -0.2) is 36.9 Å². The number of hydrogen-bond acceptors (Lipinski definition) is 5. The number of hydrogen-bond donors (Lipinski definition) is 1. The van der Waals surface area contributed by atoms with Crippen LogP contribution < -0.4 is 5.32 Å². The first-order valence-electron chi connectivity index (χ1n) is 7.82. The van der Waals surface area contributed by atoms with Gasteiger partial charge in [0, 0.05) is 18.8 Å². The summed E-state index contributed by atoms with van der Waals surface area (Å²) in [6, 6.07) is 2.02. The molecule has 0 radical (unpaired) electrons. The van der Waals surface area contributed by atoms with Crippen molar-refractivity contribution >= 4 is 11.6 Å². The van der Waals surface area contributed by atoms with Gasteiger partial charge in [-0.3, -0.25) is 24.3 Å². The van der Waals surface area contributed by atoms with Gasteiger partial charge in [-0.05, 0) is 26.3 Å². The largest absolute Gasteiger partial charge is 0.356 e. The van der Waals surface area contributed by atoms with E-state index < -0.39 is 4.92 Å². The molecular weight excluding hydrogens is 312 g/mol. The molecular formula is C15H22N6O3. The lowest BCUT2D eigenvalue weighted by Gasteiger charge is -2.12. The lowest BCUT2D eigenvalue weighted by Crippen LogP contribution is -2.32. The van der Waals surface area contributed by atoms with E-state index in [0.29, 0.717) is 13.1 Å². The summed E-state index contributed by atoms with van der Waals surface area (Å²) in [5, 5.41) is 21.8. The third-order valence-corrected chi connectivity index (χ3v) is 3.69. The van der Waals surface area contributed by atoms with E-state index in [1.54, 1.807) is 6.92 Å². The second-order valence-corrected chi connectivity index (χ2v) is 5.87. The average Bonchev–Trinajstić information content (AvgIpc) is 3.10. The maximum absolute atomic E-state index is 12.1. The molecule has 0 fully saturated rings. The minimum Gasteiger partial charge on any atom is -0.356 e. The van der Waals surface area contributed by atoms with Crippen LogP contribution in [-0.2, 0) is 17.9 Å². The SMILES string of the molecule is Cc1cc(C)n(CCCNC(=O)C(C)Cn2cc([N+](=O)[O-])cn2)n1. The zero-order valence-corrected chi connectivity index (χ0v) is 14.1. The van der Waals surface area contributed by atoms with E-state index in [4.69, 9.17) is 0 Å². The van der Waals surface area contributed by atoms with Gasteiger partial charge in [-0.1, -0.05) is 6.92 Å². The number of rotatable bonds is 8. The van der Waals surface area contributed by atoms with Gasteiger partial charge < -0.3 is 5.32 Å². The summed E-state index contributed by atoms with van der Waals surface area (Å²) in [6.07, 6.45) is 3.29. The van der Waals surface area contributed by atoms with Gasteiger partial charge in [0.15, 0.2) is 0 Å². The Morgan fingerprint density at radius 3 is 2.79 bits per heavy atom. The van der Waals surface area contributed by atoms with E-state index in [2.05, 4.69) is 15.5 Å². The van der Waals surface area contributed by atoms with Crippen LogP contribution in [0.1, 0.15) is 24.7 Å². The molecule has 1 N–H and O–H groups in total. The second-order valence-electron chi connectivity index (χ2n) is 5.87. The van der Waals surface area contributed by atoms with Gasteiger partial charge in [0.25, 0.3) is 0 Å². The topological polar surface area (TPSA) is 108 Å². The molecule has 2 rings (SSSR count).